The van der Waals surface area contributed by atoms with Crippen LogP contribution in [0.15, 0.2) is 0 Å². The van der Waals surface area contributed by atoms with Crippen LogP contribution in [0.4, 0.5) is 0 Å². The first kappa shape index (κ1) is 17.9. The highest BCUT2D eigenvalue weighted by atomic mass is 16.4. The van der Waals surface area contributed by atoms with Gasteiger partial charge in [0, 0.05) is 6.54 Å². The number of aliphatic carboxylic acids is 2. The summed E-state index contributed by atoms with van der Waals surface area (Å²) in [5.74, 6) is -2.36. The monoisotopic (exact) mass is 251 g/mol. The van der Waals surface area contributed by atoms with Crippen molar-refractivity contribution >= 4 is 18.2 Å². The van der Waals surface area contributed by atoms with Crippen molar-refractivity contribution in [1.82, 2.24) is 0 Å². The molecule has 0 spiro atoms. The maximum absolute atomic E-state index is 10.2. The minimum atomic E-state index is -1.86. The molecule has 0 aliphatic carbocycles. The van der Waals surface area contributed by atoms with E-state index < -0.39 is 30.1 Å². The predicted molar refractivity (Wildman–Crippen MR) is 56.2 cm³/mol. The Morgan fingerprint density at radius 1 is 1.41 bits per heavy atom. The molecule has 17 heavy (non-hydrogen) atoms. The van der Waals surface area contributed by atoms with Gasteiger partial charge in [0.15, 0.2) is 6.10 Å². The Hall–Kier alpha value is -1.51. The SMILES string of the molecule is CC(C=O)(CO)C(O)C(=O)O.NCCC(=O)O. The van der Waals surface area contributed by atoms with Crippen LogP contribution in [-0.4, -0.2) is 57.9 Å². The lowest BCUT2D eigenvalue weighted by atomic mass is 9.87. The zero-order valence-electron chi connectivity index (χ0n) is 9.37. The number of rotatable bonds is 6. The number of carboxylic acids is 2. The van der Waals surface area contributed by atoms with Crippen molar-refractivity contribution in [3.63, 3.8) is 0 Å². The average Bonchev–Trinajstić information content (AvgIpc) is 2.27. The molecule has 100 valence electrons. The number of aldehydes is 1. The smallest absolute Gasteiger partial charge is 0.333 e. The van der Waals surface area contributed by atoms with E-state index >= 15 is 0 Å². The number of hydrogen-bond donors (Lipinski definition) is 5. The standard InChI is InChI=1S/C6H10O5.C3H7NO2/c1-6(2-7,3-8)4(9)5(10)11;4-2-1-3(5)6/h2,4,8-9H,3H2,1H3,(H,10,11);1-2,4H2,(H,5,6). The van der Waals surface area contributed by atoms with E-state index in [1.807, 2.05) is 0 Å². The van der Waals surface area contributed by atoms with Crippen LogP contribution >= 0.6 is 0 Å². The van der Waals surface area contributed by atoms with E-state index in [0.29, 0.717) is 0 Å². The fourth-order valence-corrected chi connectivity index (χ4v) is 0.594. The first-order valence-corrected chi connectivity index (χ1v) is 4.65. The van der Waals surface area contributed by atoms with E-state index in [1.54, 1.807) is 0 Å². The number of aliphatic hydroxyl groups is 2. The lowest BCUT2D eigenvalue weighted by Crippen LogP contribution is -2.42. The second-order valence-electron chi connectivity index (χ2n) is 3.45. The van der Waals surface area contributed by atoms with E-state index in [0.717, 1.165) is 0 Å². The Morgan fingerprint density at radius 3 is 1.94 bits per heavy atom. The number of aliphatic hydroxyl groups excluding tert-OH is 2. The second kappa shape index (κ2) is 8.62. The summed E-state index contributed by atoms with van der Waals surface area (Å²) in [5.41, 5.74) is 3.24. The molecule has 0 aliphatic heterocycles. The Labute approximate surface area is 97.7 Å². The third kappa shape index (κ3) is 7.39. The maximum Gasteiger partial charge on any atom is 0.333 e. The molecule has 0 aromatic heterocycles. The summed E-state index contributed by atoms with van der Waals surface area (Å²) in [5, 5.41) is 33.5. The molecule has 2 unspecified atom stereocenters. The number of hydrogen-bond acceptors (Lipinski definition) is 6. The molecule has 0 radical (unpaired) electrons. The van der Waals surface area contributed by atoms with Crippen LogP contribution in [0.3, 0.4) is 0 Å². The van der Waals surface area contributed by atoms with Crippen molar-refractivity contribution in [3.8, 4) is 0 Å². The number of carboxylic acid groups (broad SMARTS) is 2. The van der Waals surface area contributed by atoms with Crippen molar-refractivity contribution < 1.29 is 34.8 Å². The van der Waals surface area contributed by atoms with Gasteiger partial charge in [-0.1, -0.05) is 0 Å². The third-order valence-electron chi connectivity index (χ3n) is 1.83. The molecule has 0 saturated carbocycles. The van der Waals surface area contributed by atoms with Gasteiger partial charge in [0.1, 0.15) is 6.29 Å². The van der Waals surface area contributed by atoms with E-state index in [2.05, 4.69) is 0 Å². The van der Waals surface area contributed by atoms with Gasteiger partial charge >= 0.3 is 11.9 Å². The quantitative estimate of drug-likeness (QED) is 0.340. The Kier molecular flexibility index (Phi) is 9.06. The van der Waals surface area contributed by atoms with Crippen molar-refractivity contribution in [2.45, 2.75) is 19.4 Å². The largest absolute Gasteiger partial charge is 0.481 e. The minimum absolute atomic E-state index is 0.0694. The highest BCUT2D eigenvalue weighted by Crippen LogP contribution is 2.17. The van der Waals surface area contributed by atoms with Gasteiger partial charge in [-0.15, -0.1) is 0 Å². The number of carbonyl (C=O) groups is 3. The van der Waals surface area contributed by atoms with Gasteiger partial charge in [0.05, 0.1) is 18.4 Å². The Balaban J connectivity index is 0. The summed E-state index contributed by atoms with van der Waals surface area (Å²) in [6, 6.07) is 0. The van der Waals surface area contributed by atoms with Crippen LogP contribution in [0.1, 0.15) is 13.3 Å². The molecule has 2 atom stereocenters. The van der Waals surface area contributed by atoms with Crippen LogP contribution in [0.5, 0.6) is 0 Å². The zero-order chi connectivity index (χ0) is 14.1. The van der Waals surface area contributed by atoms with Gasteiger partial charge in [-0.2, -0.15) is 0 Å². The number of nitrogens with two attached hydrogens (primary N) is 1. The van der Waals surface area contributed by atoms with Crippen LogP contribution in [0, 0.1) is 5.41 Å². The average molecular weight is 251 g/mol. The molecule has 0 heterocycles. The molecule has 0 saturated heterocycles. The summed E-state index contributed by atoms with van der Waals surface area (Å²) in [6.45, 7) is 0.706. The van der Waals surface area contributed by atoms with Gasteiger partial charge in [-0.25, -0.2) is 4.79 Å². The Bertz CT molecular complexity index is 268. The van der Waals surface area contributed by atoms with Gasteiger partial charge in [0.2, 0.25) is 0 Å². The highest BCUT2D eigenvalue weighted by Gasteiger charge is 2.37. The molecule has 0 fully saturated rings. The van der Waals surface area contributed by atoms with Gasteiger partial charge in [-0.3, -0.25) is 4.79 Å². The summed E-state index contributed by atoms with van der Waals surface area (Å²) in [7, 11) is 0. The van der Waals surface area contributed by atoms with Crippen molar-refractivity contribution in [1.29, 1.82) is 0 Å². The summed E-state index contributed by atoms with van der Waals surface area (Å²) >= 11 is 0. The van der Waals surface area contributed by atoms with Crippen molar-refractivity contribution in [2.75, 3.05) is 13.2 Å². The first-order valence-electron chi connectivity index (χ1n) is 4.65. The van der Waals surface area contributed by atoms with Gasteiger partial charge < -0.3 is 31.0 Å². The zero-order valence-corrected chi connectivity index (χ0v) is 9.37. The van der Waals surface area contributed by atoms with E-state index in [-0.39, 0.29) is 19.3 Å². The molecule has 0 aromatic carbocycles. The maximum atomic E-state index is 10.2. The van der Waals surface area contributed by atoms with E-state index in [9.17, 15) is 14.4 Å². The number of carbonyl (C=O) groups excluding carboxylic acids is 1. The van der Waals surface area contributed by atoms with Crippen LogP contribution in [-0.2, 0) is 14.4 Å². The van der Waals surface area contributed by atoms with E-state index in [1.165, 1.54) is 6.92 Å². The van der Waals surface area contributed by atoms with E-state index in [4.69, 9.17) is 26.2 Å². The predicted octanol–water partition coefficient (Wildman–Crippen LogP) is -1.95. The lowest BCUT2D eigenvalue weighted by Gasteiger charge is -2.22. The van der Waals surface area contributed by atoms with Crippen LogP contribution < -0.4 is 5.73 Å². The van der Waals surface area contributed by atoms with Gasteiger partial charge in [0.25, 0.3) is 0 Å². The third-order valence-corrected chi connectivity index (χ3v) is 1.83. The molecule has 0 aliphatic rings. The minimum Gasteiger partial charge on any atom is -0.481 e. The lowest BCUT2D eigenvalue weighted by molar-refractivity contribution is -0.158. The molecule has 0 aromatic rings. The fourth-order valence-electron chi connectivity index (χ4n) is 0.594. The normalized spacial score (nSPS) is 14.8. The topological polar surface area (TPSA) is 158 Å². The van der Waals surface area contributed by atoms with Gasteiger partial charge in [-0.05, 0) is 6.92 Å². The van der Waals surface area contributed by atoms with Crippen LogP contribution in [0.25, 0.3) is 0 Å². The molecule has 0 amide bonds. The second-order valence-corrected chi connectivity index (χ2v) is 3.45. The fraction of sp³-hybridized carbons (Fsp3) is 0.667. The summed E-state index contributed by atoms with van der Waals surface area (Å²) in [6.07, 6.45) is -1.56. The Morgan fingerprint density at radius 2 is 1.88 bits per heavy atom. The molecule has 0 bridgehead atoms. The summed E-state index contributed by atoms with van der Waals surface area (Å²) < 4.78 is 0. The van der Waals surface area contributed by atoms with Crippen molar-refractivity contribution in [2.24, 2.45) is 11.1 Å². The van der Waals surface area contributed by atoms with Crippen LogP contribution in [0.2, 0.25) is 0 Å². The van der Waals surface area contributed by atoms with Crippen molar-refractivity contribution in [3.05, 3.63) is 0 Å². The first-order chi connectivity index (χ1) is 7.75. The molecule has 0 rings (SSSR count). The summed E-state index contributed by atoms with van der Waals surface area (Å²) in [4.78, 5) is 29.9. The highest BCUT2D eigenvalue weighted by molar-refractivity contribution is 5.79. The molecule has 8 heteroatoms. The molecule has 6 N–H and O–H groups in total. The molecular weight excluding hydrogens is 234 g/mol. The molecule has 8 nitrogen and oxygen atoms in total. The molecular formula is C9H17NO7.